The first-order valence-corrected chi connectivity index (χ1v) is 5.24. The number of nitrogens with zero attached hydrogens (tertiary/aromatic N) is 2. The summed E-state index contributed by atoms with van der Waals surface area (Å²) in [6, 6.07) is -0.907. The lowest BCUT2D eigenvalue weighted by Gasteiger charge is -2.01. The van der Waals surface area contributed by atoms with Crippen molar-refractivity contribution in [1.29, 1.82) is 0 Å². The first kappa shape index (κ1) is 13.3. The molecule has 0 saturated heterocycles. The van der Waals surface area contributed by atoms with Gasteiger partial charge in [0.05, 0.1) is 0 Å². The number of nitro groups is 1. The Morgan fingerprint density at radius 2 is 2.47 bits per heavy atom. The van der Waals surface area contributed by atoms with E-state index in [0.29, 0.717) is 16.3 Å². The number of hydrogen-bond donors (Lipinski definition) is 1. The van der Waals surface area contributed by atoms with Crippen molar-refractivity contribution in [3.63, 3.8) is 0 Å². The molecule has 1 atom stereocenters. The van der Waals surface area contributed by atoms with Crippen LogP contribution in [0, 0.1) is 10.1 Å². The van der Waals surface area contributed by atoms with Crippen LogP contribution >= 0.6 is 11.6 Å². The van der Waals surface area contributed by atoms with Crippen LogP contribution in [0.2, 0.25) is 0 Å². The number of allylic oxidation sites excluding steroid dienone is 4. The van der Waals surface area contributed by atoms with E-state index in [4.69, 9.17) is 17.3 Å². The lowest BCUT2D eigenvalue weighted by atomic mass is 10.2. The lowest BCUT2D eigenvalue weighted by Crippen LogP contribution is -2.13. The van der Waals surface area contributed by atoms with E-state index in [1.165, 1.54) is 18.4 Å². The van der Waals surface area contributed by atoms with Crippen LogP contribution in [0.25, 0.3) is 0 Å². The average molecular weight is 254 g/mol. The number of rotatable bonds is 4. The first-order valence-electron chi connectivity index (χ1n) is 4.86. The van der Waals surface area contributed by atoms with Crippen molar-refractivity contribution in [2.45, 2.75) is 6.04 Å². The fourth-order valence-electron chi connectivity index (χ4n) is 1.12. The maximum absolute atomic E-state index is 10.7. The Hall–Kier alpha value is -1.72. The summed E-state index contributed by atoms with van der Waals surface area (Å²) in [6.45, 7) is 3.82. The minimum Gasteiger partial charge on any atom is -0.325 e. The van der Waals surface area contributed by atoms with Gasteiger partial charge in [0.1, 0.15) is 0 Å². The van der Waals surface area contributed by atoms with Crippen LogP contribution in [0.5, 0.6) is 0 Å². The van der Waals surface area contributed by atoms with Gasteiger partial charge in [0.25, 0.3) is 6.04 Å². The van der Waals surface area contributed by atoms with Crippen molar-refractivity contribution >= 4 is 17.8 Å². The molecular weight excluding hydrogens is 242 g/mol. The van der Waals surface area contributed by atoms with E-state index in [-0.39, 0.29) is 6.54 Å². The SMILES string of the molecule is C=C(CN)N=CC1=CC([N+](=O)[O-])C=CC=C1Cl. The maximum Gasteiger partial charge on any atom is 0.250 e. The van der Waals surface area contributed by atoms with E-state index >= 15 is 0 Å². The summed E-state index contributed by atoms with van der Waals surface area (Å²) < 4.78 is 0. The molecule has 0 amide bonds. The van der Waals surface area contributed by atoms with E-state index in [1.54, 1.807) is 12.2 Å². The predicted molar refractivity (Wildman–Crippen MR) is 68.6 cm³/mol. The summed E-state index contributed by atoms with van der Waals surface area (Å²) in [5.74, 6) is 0. The van der Waals surface area contributed by atoms with Gasteiger partial charge in [0.15, 0.2) is 0 Å². The summed E-state index contributed by atoms with van der Waals surface area (Å²) in [6.07, 6.45) is 7.42. The summed E-state index contributed by atoms with van der Waals surface area (Å²) in [5, 5.41) is 11.1. The van der Waals surface area contributed by atoms with Crippen molar-refractivity contribution in [3.05, 3.63) is 57.3 Å². The van der Waals surface area contributed by atoms with Crippen LogP contribution < -0.4 is 5.73 Å². The minimum absolute atomic E-state index is 0.224. The average Bonchev–Trinajstić information content (AvgIpc) is 2.48. The number of nitrogens with two attached hydrogens (primary N) is 1. The summed E-state index contributed by atoms with van der Waals surface area (Å²) in [5.41, 5.74) is 6.28. The van der Waals surface area contributed by atoms with Crippen molar-refractivity contribution in [2.75, 3.05) is 6.54 Å². The Morgan fingerprint density at radius 3 is 3.06 bits per heavy atom. The zero-order valence-corrected chi connectivity index (χ0v) is 9.80. The predicted octanol–water partition coefficient (Wildman–Crippen LogP) is 1.79. The molecule has 0 radical (unpaired) electrons. The first-order chi connectivity index (χ1) is 8.04. The maximum atomic E-state index is 10.7. The van der Waals surface area contributed by atoms with Gasteiger partial charge < -0.3 is 5.73 Å². The second kappa shape index (κ2) is 6.12. The Kier molecular flexibility index (Phi) is 4.81. The standard InChI is InChI=1S/C11H12ClN3O2/c1-8(6-13)14-7-9-5-10(15(16)17)3-2-4-11(9)12/h2-5,7,10H,1,6,13H2. The molecule has 0 aliphatic heterocycles. The van der Waals surface area contributed by atoms with Gasteiger partial charge in [-0.1, -0.05) is 24.3 Å². The highest BCUT2D eigenvalue weighted by atomic mass is 35.5. The van der Waals surface area contributed by atoms with Gasteiger partial charge in [-0.05, 0) is 12.2 Å². The third kappa shape index (κ3) is 3.97. The lowest BCUT2D eigenvalue weighted by molar-refractivity contribution is -0.496. The van der Waals surface area contributed by atoms with Crippen LogP contribution in [0.15, 0.2) is 52.2 Å². The molecule has 1 unspecified atom stereocenters. The zero-order chi connectivity index (χ0) is 12.8. The molecule has 1 aliphatic carbocycles. The Bertz CT molecular complexity index is 450. The molecule has 0 aromatic rings. The van der Waals surface area contributed by atoms with Crippen molar-refractivity contribution in [2.24, 2.45) is 10.7 Å². The summed E-state index contributed by atoms with van der Waals surface area (Å²) >= 11 is 5.95. The molecule has 0 heterocycles. The Balaban J connectivity index is 2.97. The monoisotopic (exact) mass is 253 g/mol. The molecular formula is C11H12ClN3O2. The molecule has 6 heteroatoms. The van der Waals surface area contributed by atoms with Gasteiger partial charge in [-0.25, -0.2) is 0 Å². The van der Waals surface area contributed by atoms with Crippen molar-refractivity contribution in [1.82, 2.24) is 0 Å². The van der Waals surface area contributed by atoms with E-state index in [1.807, 2.05) is 0 Å². The van der Waals surface area contributed by atoms with E-state index < -0.39 is 11.0 Å². The molecule has 17 heavy (non-hydrogen) atoms. The van der Waals surface area contributed by atoms with Gasteiger partial charge in [0, 0.05) is 40.1 Å². The van der Waals surface area contributed by atoms with Crippen LogP contribution in [0.4, 0.5) is 0 Å². The van der Waals surface area contributed by atoms with Gasteiger partial charge in [-0.15, -0.1) is 0 Å². The summed E-state index contributed by atoms with van der Waals surface area (Å²) in [4.78, 5) is 14.3. The number of hydrogen-bond acceptors (Lipinski definition) is 4. The largest absolute Gasteiger partial charge is 0.325 e. The molecule has 1 rings (SSSR count). The van der Waals surface area contributed by atoms with Crippen molar-refractivity contribution < 1.29 is 4.92 Å². The molecule has 0 aromatic heterocycles. The smallest absolute Gasteiger partial charge is 0.250 e. The molecule has 2 N–H and O–H groups in total. The normalized spacial score (nSPS) is 19.8. The second-order valence-electron chi connectivity index (χ2n) is 3.33. The Labute approximate surface area is 104 Å². The highest BCUT2D eigenvalue weighted by molar-refractivity contribution is 6.34. The van der Waals surface area contributed by atoms with E-state index in [9.17, 15) is 10.1 Å². The number of aliphatic imine (C=N–C) groups is 1. The summed E-state index contributed by atoms with van der Waals surface area (Å²) in [7, 11) is 0. The van der Waals surface area contributed by atoms with Gasteiger partial charge >= 0.3 is 0 Å². The molecule has 5 nitrogen and oxygen atoms in total. The third-order valence-corrected chi connectivity index (χ3v) is 2.39. The molecule has 0 bridgehead atoms. The second-order valence-corrected chi connectivity index (χ2v) is 3.73. The van der Waals surface area contributed by atoms with Crippen LogP contribution in [0.1, 0.15) is 0 Å². The van der Waals surface area contributed by atoms with Crippen molar-refractivity contribution in [3.8, 4) is 0 Å². The van der Waals surface area contributed by atoms with Crippen LogP contribution in [-0.2, 0) is 0 Å². The Morgan fingerprint density at radius 1 is 1.76 bits per heavy atom. The quantitative estimate of drug-likeness (QED) is 0.471. The fraction of sp³-hybridized carbons (Fsp3) is 0.182. The molecule has 0 aromatic carbocycles. The van der Waals surface area contributed by atoms with Gasteiger partial charge in [-0.2, -0.15) is 0 Å². The van der Waals surface area contributed by atoms with Crippen LogP contribution in [0.3, 0.4) is 0 Å². The molecule has 0 fully saturated rings. The molecule has 0 spiro atoms. The number of halogens is 1. The third-order valence-electron chi connectivity index (χ3n) is 2.04. The molecule has 90 valence electrons. The van der Waals surface area contributed by atoms with Crippen LogP contribution in [-0.4, -0.2) is 23.7 Å². The minimum atomic E-state index is -0.907. The topological polar surface area (TPSA) is 81.5 Å². The highest BCUT2D eigenvalue weighted by Gasteiger charge is 2.16. The van der Waals surface area contributed by atoms with Gasteiger partial charge in [-0.3, -0.25) is 15.1 Å². The molecule has 0 saturated carbocycles. The highest BCUT2D eigenvalue weighted by Crippen LogP contribution is 2.18. The fourth-order valence-corrected chi connectivity index (χ4v) is 1.30. The van der Waals surface area contributed by atoms with E-state index in [0.717, 1.165) is 0 Å². The van der Waals surface area contributed by atoms with E-state index in [2.05, 4.69) is 11.6 Å². The zero-order valence-electron chi connectivity index (χ0n) is 9.04. The molecule has 1 aliphatic rings. The van der Waals surface area contributed by atoms with Gasteiger partial charge in [0.2, 0.25) is 0 Å².